The molecule has 7 heteroatoms. The number of halogens is 1. The maximum atomic E-state index is 12.6. The van der Waals surface area contributed by atoms with Gasteiger partial charge in [0, 0.05) is 10.2 Å². The lowest BCUT2D eigenvalue weighted by molar-refractivity contribution is -0.119. The first kappa shape index (κ1) is 16.3. The van der Waals surface area contributed by atoms with Gasteiger partial charge in [0.1, 0.15) is 11.6 Å². The number of rotatable bonds is 4. The summed E-state index contributed by atoms with van der Waals surface area (Å²) in [5.41, 5.74) is 0.840. The molecule has 0 saturated carbocycles. The molecule has 0 unspecified atom stereocenters. The first-order valence-electron chi connectivity index (χ1n) is 7.51. The van der Waals surface area contributed by atoms with E-state index in [1.165, 1.54) is 0 Å². The number of amides is 1. The van der Waals surface area contributed by atoms with Gasteiger partial charge in [0.15, 0.2) is 0 Å². The Morgan fingerprint density at radius 2 is 2.04 bits per heavy atom. The lowest BCUT2D eigenvalue weighted by Gasteiger charge is -2.16. The van der Waals surface area contributed by atoms with Gasteiger partial charge in [0.05, 0.1) is 5.39 Å². The van der Waals surface area contributed by atoms with Gasteiger partial charge < -0.3 is 5.32 Å². The fourth-order valence-electron chi connectivity index (χ4n) is 2.47. The molecule has 0 aliphatic rings. The van der Waals surface area contributed by atoms with Crippen molar-refractivity contribution in [3.8, 4) is 0 Å². The summed E-state index contributed by atoms with van der Waals surface area (Å²) in [5.74, 6) is -0.303. The molecule has 0 saturated heterocycles. The molecule has 3 aromatic rings. The number of carbonyl (C=O) groups excluding carboxylic acids is 1. The number of carbonyl (C=O) groups is 1. The first-order chi connectivity index (χ1) is 11.6. The highest BCUT2D eigenvalue weighted by atomic mass is 79.9. The molecule has 0 spiro atoms. The summed E-state index contributed by atoms with van der Waals surface area (Å²) in [6.07, 6.45) is 0.423. The van der Waals surface area contributed by atoms with E-state index >= 15 is 0 Å². The van der Waals surface area contributed by atoms with E-state index in [1.807, 2.05) is 19.1 Å². The summed E-state index contributed by atoms with van der Waals surface area (Å²) in [7, 11) is 0. The zero-order valence-electron chi connectivity index (χ0n) is 12.9. The second kappa shape index (κ2) is 6.92. The molecular weight excluding hydrogens is 372 g/mol. The van der Waals surface area contributed by atoms with Crippen molar-refractivity contribution in [3.05, 3.63) is 63.4 Å². The minimum atomic E-state index is -0.728. The number of anilines is 1. The smallest absolute Gasteiger partial charge is 0.278 e. The highest BCUT2D eigenvalue weighted by Gasteiger charge is 2.22. The molecule has 6 nitrogen and oxygen atoms in total. The summed E-state index contributed by atoms with van der Waals surface area (Å²) < 4.78 is 2.01. The van der Waals surface area contributed by atoms with Gasteiger partial charge in [0.2, 0.25) is 5.91 Å². The van der Waals surface area contributed by atoms with Gasteiger partial charge in [-0.3, -0.25) is 9.59 Å². The molecule has 1 aromatic heterocycles. The molecule has 3 rings (SSSR count). The highest BCUT2D eigenvalue weighted by molar-refractivity contribution is 9.10. The fraction of sp³-hybridized carbons (Fsp3) is 0.176. The molecule has 1 atom stereocenters. The number of nitrogens with zero attached hydrogens (tertiary/aromatic N) is 3. The van der Waals surface area contributed by atoms with Gasteiger partial charge in [-0.25, -0.2) is 0 Å². The second-order valence-electron chi connectivity index (χ2n) is 5.28. The van der Waals surface area contributed by atoms with Crippen LogP contribution in [0.25, 0.3) is 10.9 Å². The Morgan fingerprint density at radius 1 is 1.25 bits per heavy atom. The Kier molecular flexibility index (Phi) is 4.71. The molecule has 0 fully saturated rings. The van der Waals surface area contributed by atoms with Crippen molar-refractivity contribution in [1.29, 1.82) is 0 Å². The van der Waals surface area contributed by atoms with Crippen molar-refractivity contribution >= 4 is 38.4 Å². The Balaban J connectivity index is 1.95. The summed E-state index contributed by atoms with van der Waals surface area (Å²) in [4.78, 5) is 25.2. The third kappa shape index (κ3) is 3.21. The molecule has 0 bridgehead atoms. The van der Waals surface area contributed by atoms with E-state index in [0.29, 0.717) is 23.0 Å². The molecule has 1 heterocycles. The largest absolute Gasteiger partial charge is 0.324 e. The number of nitrogens with one attached hydrogen (secondary N) is 1. The molecule has 0 aliphatic heterocycles. The average Bonchev–Trinajstić information content (AvgIpc) is 2.58. The van der Waals surface area contributed by atoms with Gasteiger partial charge in [-0.15, -0.1) is 5.10 Å². The number of hydrogen-bond acceptors (Lipinski definition) is 4. The van der Waals surface area contributed by atoms with E-state index in [9.17, 15) is 9.59 Å². The number of aromatic nitrogens is 3. The maximum Gasteiger partial charge on any atom is 0.278 e. The van der Waals surface area contributed by atoms with Gasteiger partial charge in [-0.05, 0) is 36.8 Å². The van der Waals surface area contributed by atoms with E-state index in [1.54, 1.807) is 36.4 Å². The van der Waals surface area contributed by atoms with Gasteiger partial charge in [-0.2, -0.15) is 4.68 Å². The van der Waals surface area contributed by atoms with E-state index in [2.05, 4.69) is 31.6 Å². The van der Waals surface area contributed by atoms with Crippen LogP contribution < -0.4 is 10.9 Å². The summed E-state index contributed by atoms with van der Waals surface area (Å²) >= 11 is 3.36. The van der Waals surface area contributed by atoms with Crippen molar-refractivity contribution in [2.45, 2.75) is 19.4 Å². The average molecular weight is 387 g/mol. The van der Waals surface area contributed by atoms with Crippen molar-refractivity contribution in [2.75, 3.05) is 5.32 Å². The topological polar surface area (TPSA) is 76.9 Å². The van der Waals surface area contributed by atoms with Crippen LogP contribution in [-0.4, -0.2) is 20.9 Å². The van der Waals surface area contributed by atoms with Crippen LogP contribution in [0.3, 0.4) is 0 Å². The van der Waals surface area contributed by atoms with Crippen LogP contribution in [0.15, 0.2) is 57.8 Å². The lowest BCUT2D eigenvalue weighted by Crippen LogP contribution is -2.35. The second-order valence-corrected chi connectivity index (χ2v) is 6.20. The van der Waals surface area contributed by atoms with E-state index in [0.717, 1.165) is 9.15 Å². The van der Waals surface area contributed by atoms with Crippen molar-refractivity contribution in [2.24, 2.45) is 0 Å². The molecular formula is C17H15BrN4O2. The Morgan fingerprint density at radius 3 is 2.79 bits per heavy atom. The standard InChI is InChI=1S/C17H15BrN4O2/c1-2-15(16(23)19-12-7-5-6-11(18)10-12)22-17(24)13-8-3-4-9-14(13)20-21-22/h3-10,15H,2H2,1H3,(H,19,23)/t15-/m0/s1. The minimum absolute atomic E-state index is 0.303. The fourth-order valence-corrected chi connectivity index (χ4v) is 2.87. The van der Waals surface area contributed by atoms with Gasteiger partial charge >= 0.3 is 0 Å². The van der Waals surface area contributed by atoms with E-state index in [-0.39, 0.29) is 11.5 Å². The van der Waals surface area contributed by atoms with Crippen LogP contribution in [0.1, 0.15) is 19.4 Å². The van der Waals surface area contributed by atoms with E-state index < -0.39 is 6.04 Å². The first-order valence-corrected chi connectivity index (χ1v) is 8.30. The zero-order chi connectivity index (χ0) is 17.1. The third-order valence-electron chi connectivity index (χ3n) is 3.67. The summed E-state index contributed by atoms with van der Waals surface area (Å²) in [6, 6.07) is 13.5. The number of fused-ring (bicyclic) bond motifs is 1. The summed E-state index contributed by atoms with van der Waals surface area (Å²) in [5, 5.41) is 11.2. The lowest BCUT2D eigenvalue weighted by atomic mass is 10.2. The molecule has 2 aromatic carbocycles. The Bertz CT molecular complexity index is 954. The van der Waals surface area contributed by atoms with Crippen LogP contribution >= 0.6 is 15.9 Å². The molecule has 24 heavy (non-hydrogen) atoms. The monoisotopic (exact) mass is 386 g/mol. The Labute approximate surface area is 146 Å². The molecule has 0 aliphatic carbocycles. The molecule has 122 valence electrons. The zero-order valence-corrected chi connectivity index (χ0v) is 14.5. The van der Waals surface area contributed by atoms with Crippen LogP contribution in [-0.2, 0) is 4.79 Å². The predicted octanol–water partition coefficient (Wildman–Crippen LogP) is 3.14. The van der Waals surface area contributed by atoms with Crippen LogP contribution in [0, 0.1) is 0 Å². The third-order valence-corrected chi connectivity index (χ3v) is 4.16. The van der Waals surface area contributed by atoms with Gasteiger partial charge in [0.25, 0.3) is 5.56 Å². The maximum absolute atomic E-state index is 12.6. The molecule has 1 amide bonds. The number of benzene rings is 2. The summed E-state index contributed by atoms with van der Waals surface area (Å²) in [6.45, 7) is 1.83. The minimum Gasteiger partial charge on any atom is -0.324 e. The normalized spacial score (nSPS) is 12.1. The van der Waals surface area contributed by atoms with Crippen LogP contribution in [0.4, 0.5) is 5.69 Å². The highest BCUT2D eigenvalue weighted by Crippen LogP contribution is 2.18. The van der Waals surface area contributed by atoms with Crippen molar-refractivity contribution in [1.82, 2.24) is 15.0 Å². The quantitative estimate of drug-likeness (QED) is 0.746. The predicted molar refractivity (Wildman–Crippen MR) is 95.9 cm³/mol. The van der Waals surface area contributed by atoms with Gasteiger partial charge in [-0.1, -0.05) is 46.3 Å². The van der Waals surface area contributed by atoms with Crippen molar-refractivity contribution < 1.29 is 4.79 Å². The van der Waals surface area contributed by atoms with Crippen molar-refractivity contribution in [3.63, 3.8) is 0 Å². The Hall–Kier alpha value is -2.54. The van der Waals surface area contributed by atoms with E-state index in [4.69, 9.17) is 0 Å². The molecule has 0 radical (unpaired) electrons. The van der Waals surface area contributed by atoms with Crippen LogP contribution in [0.5, 0.6) is 0 Å². The molecule has 1 N–H and O–H groups in total. The number of hydrogen-bond donors (Lipinski definition) is 1. The van der Waals surface area contributed by atoms with Crippen LogP contribution in [0.2, 0.25) is 0 Å². The SMILES string of the molecule is CC[C@@H](C(=O)Nc1cccc(Br)c1)n1nnc2ccccc2c1=O.